The van der Waals surface area contributed by atoms with Crippen LogP contribution in [-0.2, 0) is 14.3 Å². The molecule has 1 saturated heterocycles. The van der Waals surface area contributed by atoms with Gasteiger partial charge >= 0.3 is 5.97 Å². The average Bonchev–Trinajstić information content (AvgIpc) is 2.84. The van der Waals surface area contributed by atoms with Crippen molar-refractivity contribution in [2.75, 3.05) is 19.8 Å². The molecule has 3 fully saturated rings. The molecule has 9 atom stereocenters. The van der Waals surface area contributed by atoms with E-state index in [-0.39, 0.29) is 24.5 Å². The molecule has 0 radical (unpaired) electrons. The van der Waals surface area contributed by atoms with Crippen molar-refractivity contribution in [3.8, 4) is 0 Å². The van der Waals surface area contributed by atoms with Gasteiger partial charge < -0.3 is 40.1 Å². The molecule has 0 aromatic heterocycles. The molecule has 3 rings (SSSR count). The van der Waals surface area contributed by atoms with Gasteiger partial charge in [-0.2, -0.15) is 0 Å². The van der Waals surface area contributed by atoms with Crippen molar-refractivity contribution in [2.45, 2.75) is 89.5 Å². The Balaban J connectivity index is 1.90. The molecule has 0 aromatic carbocycles. The molecule has 2 aliphatic carbocycles. The monoisotopic (exact) mass is 498 g/mol. The summed E-state index contributed by atoms with van der Waals surface area (Å²) in [6, 6.07) is 0. The second-order valence-electron chi connectivity index (χ2n) is 10.8. The van der Waals surface area contributed by atoms with Crippen molar-refractivity contribution in [1.82, 2.24) is 0 Å². The van der Waals surface area contributed by atoms with E-state index in [4.69, 9.17) is 9.47 Å². The Morgan fingerprint density at radius 1 is 1.17 bits per heavy atom. The van der Waals surface area contributed by atoms with Gasteiger partial charge in [-0.3, -0.25) is 4.79 Å². The number of aliphatic hydroxyl groups is 6. The quantitative estimate of drug-likeness (QED) is 0.210. The molecule has 0 aromatic rings. The fourth-order valence-electron chi connectivity index (χ4n) is 6.59. The van der Waals surface area contributed by atoms with Gasteiger partial charge in [-0.25, -0.2) is 0 Å². The third-order valence-electron chi connectivity index (χ3n) is 9.09. The zero-order valence-corrected chi connectivity index (χ0v) is 20.8. The summed E-state index contributed by atoms with van der Waals surface area (Å²) in [7, 11) is 0. The van der Waals surface area contributed by atoms with E-state index in [0.29, 0.717) is 31.6 Å². The zero-order chi connectivity index (χ0) is 26.0. The smallest absolute Gasteiger partial charge is 0.318 e. The largest absolute Gasteiger partial charge is 0.432 e. The van der Waals surface area contributed by atoms with Crippen LogP contribution in [0.1, 0.15) is 58.8 Å². The second kappa shape index (κ2) is 11.4. The van der Waals surface area contributed by atoms with Crippen LogP contribution in [0.2, 0.25) is 0 Å². The third-order valence-corrected chi connectivity index (χ3v) is 9.09. The molecule has 9 heteroatoms. The summed E-state index contributed by atoms with van der Waals surface area (Å²) < 4.78 is 11.2. The van der Waals surface area contributed by atoms with Crippen molar-refractivity contribution in [1.29, 1.82) is 0 Å². The minimum absolute atomic E-state index is 0.0912. The van der Waals surface area contributed by atoms with Crippen LogP contribution in [0.5, 0.6) is 0 Å². The molecular weight excluding hydrogens is 456 g/mol. The highest BCUT2D eigenvalue weighted by Crippen LogP contribution is 2.63. The van der Waals surface area contributed by atoms with Gasteiger partial charge in [0.05, 0.1) is 25.2 Å². The topological polar surface area (TPSA) is 157 Å². The summed E-state index contributed by atoms with van der Waals surface area (Å²) >= 11 is 0. The number of fused-ring (bicyclic) bond motifs is 1. The van der Waals surface area contributed by atoms with E-state index >= 15 is 0 Å². The Labute approximate surface area is 207 Å². The summed E-state index contributed by atoms with van der Waals surface area (Å²) in [5, 5.41) is 59.1. The summed E-state index contributed by atoms with van der Waals surface area (Å²) in [6.45, 7) is 7.74. The predicted octanol–water partition coefficient (Wildman–Crippen LogP) is 0.800. The molecule has 0 amide bonds. The van der Waals surface area contributed by atoms with E-state index in [1.165, 1.54) is 0 Å². The number of hydrogen-bond donors (Lipinski definition) is 6. The van der Waals surface area contributed by atoms with E-state index in [9.17, 15) is 35.4 Å². The van der Waals surface area contributed by atoms with Crippen molar-refractivity contribution in [3.05, 3.63) is 23.8 Å². The minimum atomic E-state index is -1.66. The van der Waals surface area contributed by atoms with Crippen molar-refractivity contribution < 1.29 is 44.9 Å². The first kappa shape index (κ1) is 28.2. The van der Waals surface area contributed by atoms with Crippen LogP contribution in [0.3, 0.4) is 0 Å². The Hall–Kier alpha value is -1.33. The Morgan fingerprint density at radius 3 is 2.51 bits per heavy atom. The molecule has 9 nitrogen and oxygen atoms in total. The summed E-state index contributed by atoms with van der Waals surface area (Å²) in [5.74, 6) is -0.366. The van der Waals surface area contributed by atoms with Gasteiger partial charge in [0.1, 0.15) is 24.4 Å². The van der Waals surface area contributed by atoms with Gasteiger partial charge in [0, 0.05) is 0 Å². The number of rotatable bonds is 8. The van der Waals surface area contributed by atoms with Gasteiger partial charge in [-0.1, -0.05) is 32.1 Å². The van der Waals surface area contributed by atoms with Crippen LogP contribution in [-0.4, -0.2) is 87.1 Å². The van der Waals surface area contributed by atoms with Crippen molar-refractivity contribution >= 4 is 5.97 Å². The highest BCUT2D eigenvalue weighted by Gasteiger charge is 2.61. The molecule has 3 aliphatic rings. The average molecular weight is 499 g/mol. The normalized spacial score (nSPS) is 42.5. The molecule has 0 spiro atoms. The van der Waals surface area contributed by atoms with E-state index < -0.39 is 48.7 Å². The van der Waals surface area contributed by atoms with Crippen LogP contribution in [0.4, 0.5) is 0 Å². The fraction of sp³-hybridized carbons (Fsp3) is 0.808. The Bertz CT molecular complexity index is 796. The van der Waals surface area contributed by atoms with Gasteiger partial charge in [0.25, 0.3) is 0 Å². The van der Waals surface area contributed by atoms with Crippen LogP contribution in [0.15, 0.2) is 23.8 Å². The van der Waals surface area contributed by atoms with Crippen LogP contribution >= 0.6 is 0 Å². The molecule has 1 aliphatic heterocycles. The number of ether oxygens (including phenoxy) is 2. The van der Waals surface area contributed by atoms with E-state index in [0.717, 1.165) is 30.4 Å². The number of hydrogen-bond acceptors (Lipinski definition) is 9. The highest BCUT2D eigenvalue weighted by molar-refractivity contribution is 5.82. The van der Waals surface area contributed by atoms with Crippen LogP contribution in [0.25, 0.3) is 0 Å². The van der Waals surface area contributed by atoms with Crippen molar-refractivity contribution in [2.24, 2.45) is 22.7 Å². The SMILES string of the molecule is C=C1CCCC2C1(C(=O)OC1OC(CO)C(O)C(O)C1O)CCC(C)C2(C)CCC(=CCO)CO. The van der Waals surface area contributed by atoms with E-state index in [1.807, 2.05) is 0 Å². The lowest BCUT2D eigenvalue weighted by Crippen LogP contribution is -2.61. The Morgan fingerprint density at radius 2 is 1.89 bits per heavy atom. The first-order valence-electron chi connectivity index (χ1n) is 12.7. The number of esters is 1. The zero-order valence-electron chi connectivity index (χ0n) is 20.8. The maximum Gasteiger partial charge on any atom is 0.318 e. The molecular formula is C26H42O9. The molecule has 200 valence electrons. The first-order valence-corrected chi connectivity index (χ1v) is 12.7. The summed E-state index contributed by atoms with van der Waals surface area (Å²) in [4.78, 5) is 13.9. The lowest BCUT2D eigenvalue weighted by Gasteiger charge is -2.58. The standard InChI is InChI=1S/C26H42O9/c1-15-7-11-26(24(33)35-23-22(32)21(31)20(30)18(14-29)34-23)16(2)5-4-6-19(26)25(15,3)10-8-17(13-28)9-12-27/h9,15,18-23,27-32H,2,4-8,10-14H2,1,3H3. The van der Waals surface area contributed by atoms with E-state index in [1.54, 1.807) is 6.08 Å². The van der Waals surface area contributed by atoms with Gasteiger partial charge in [-0.15, -0.1) is 0 Å². The minimum Gasteiger partial charge on any atom is -0.432 e. The maximum absolute atomic E-state index is 13.9. The number of carbonyl (C=O) groups is 1. The second-order valence-corrected chi connectivity index (χ2v) is 10.8. The van der Waals surface area contributed by atoms with Gasteiger partial charge in [-0.05, 0) is 67.8 Å². The first-order chi connectivity index (χ1) is 16.6. The molecule has 6 N–H and O–H groups in total. The van der Waals surface area contributed by atoms with Crippen LogP contribution in [0, 0.1) is 22.7 Å². The predicted molar refractivity (Wildman–Crippen MR) is 127 cm³/mol. The summed E-state index contributed by atoms with van der Waals surface area (Å²) in [6.07, 6.45) is -0.921. The van der Waals surface area contributed by atoms with Crippen molar-refractivity contribution in [3.63, 3.8) is 0 Å². The lowest BCUT2D eigenvalue weighted by atomic mass is 9.45. The van der Waals surface area contributed by atoms with E-state index in [2.05, 4.69) is 20.4 Å². The molecule has 2 saturated carbocycles. The third kappa shape index (κ3) is 5.09. The highest BCUT2D eigenvalue weighted by atomic mass is 16.7. The maximum atomic E-state index is 13.9. The molecule has 35 heavy (non-hydrogen) atoms. The number of aliphatic hydroxyl groups excluding tert-OH is 6. The van der Waals surface area contributed by atoms with Gasteiger partial charge in [0.15, 0.2) is 0 Å². The fourth-order valence-corrected chi connectivity index (χ4v) is 6.59. The molecule has 1 heterocycles. The molecule has 9 unspecified atom stereocenters. The summed E-state index contributed by atoms with van der Waals surface area (Å²) in [5.41, 5.74) is 0.281. The van der Waals surface area contributed by atoms with Crippen LogP contribution < -0.4 is 0 Å². The number of carbonyl (C=O) groups excluding carboxylic acids is 1. The Kier molecular flexibility index (Phi) is 9.18. The lowest BCUT2D eigenvalue weighted by molar-refractivity contribution is -0.297. The van der Waals surface area contributed by atoms with Gasteiger partial charge in [0.2, 0.25) is 6.29 Å². The molecule has 0 bridgehead atoms.